The van der Waals surface area contributed by atoms with Crippen LogP contribution >= 0.6 is 0 Å². The predicted molar refractivity (Wildman–Crippen MR) is 57.7 cm³/mol. The lowest BCUT2D eigenvalue weighted by molar-refractivity contribution is -0.118. The molecule has 0 heterocycles. The number of carbonyl (C=O) groups excluding carboxylic acids is 1. The van der Waals surface area contributed by atoms with E-state index in [0.717, 1.165) is 5.57 Å². The third-order valence-corrected chi connectivity index (χ3v) is 2.22. The smallest absolute Gasteiger partial charge is 0.130 e. The van der Waals surface area contributed by atoms with E-state index in [0.29, 0.717) is 6.42 Å². The zero-order valence-corrected chi connectivity index (χ0v) is 9.40. The van der Waals surface area contributed by atoms with Gasteiger partial charge in [0.25, 0.3) is 0 Å². The number of carbonyl (C=O) groups is 1. The van der Waals surface area contributed by atoms with Gasteiger partial charge in [-0.15, -0.1) is 0 Å². The van der Waals surface area contributed by atoms with Crippen molar-refractivity contribution < 1.29 is 4.79 Å². The van der Waals surface area contributed by atoms with Crippen molar-refractivity contribution >= 4 is 5.78 Å². The monoisotopic (exact) mass is 180 g/mol. The van der Waals surface area contributed by atoms with Crippen molar-refractivity contribution in [2.75, 3.05) is 0 Å². The van der Waals surface area contributed by atoms with E-state index < -0.39 is 0 Å². The second kappa shape index (κ2) is 4.40. The van der Waals surface area contributed by atoms with E-state index in [4.69, 9.17) is 0 Å². The molecule has 0 bridgehead atoms. The lowest BCUT2D eigenvalue weighted by Gasteiger charge is -2.24. The minimum absolute atomic E-state index is 0.0369. The van der Waals surface area contributed by atoms with Gasteiger partial charge in [-0.05, 0) is 26.2 Å². The molecule has 1 heteroatoms. The van der Waals surface area contributed by atoms with Crippen LogP contribution in [0.2, 0.25) is 0 Å². The Balaban J connectivity index is 4.62. The summed E-state index contributed by atoms with van der Waals surface area (Å²) < 4.78 is 0. The molecule has 13 heavy (non-hydrogen) atoms. The molecule has 0 fully saturated rings. The minimum Gasteiger partial charge on any atom is -0.300 e. The molecule has 0 aliphatic carbocycles. The standard InChI is InChI=1S/C12H20O/c1-9(2)7-10(3)12(5,6)8-11(4)13/h7H,1,8H2,2-6H3. The molecule has 0 rings (SSSR count). The summed E-state index contributed by atoms with van der Waals surface area (Å²) in [6.45, 7) is 13.7. The SMILES string of the molecule is C=C(C)C=C(C)C(C)(C)CC(C)=O. The average molecular weight is 180 g/mol. The molecule has 0 aliphatic rings. The zero-order valence-electron chi connectivity index (χ0n) is 9.40. The maximum Gasteiger partial charge on any atom is 0.130 e. The van der Waals surface area contributed by atoms with E-state index in [2.05, 4.69) is 27.4 Å². The van der Waals surface area contributed by atoms with Crippen molar-refractivity contribution in [2.45, 2.75) is 41.0 Å². The first-order valence-corrected chi connectivity index (χ1v) is 4.59. The van der Waals surface area contributed by atoms with E-state index in [9.17, 15) is 4.79 Å². The summed E-state index contributed by atoms with van der Waals surface area (Å²) >= 11 is 0. The van der Waals surface area contributed by atoms with Crippen LogP contribution in [-0.2, 0) is 4.79 Å². The lowest BCUT2D eigenvalue weighted by Crippen LogP contribution is -2.16. The van der Waals surface area contributed by atoms with Gasteiger partial charge in [0.2, 0.25) is 0 Å². The van der Waals surface area contributed by atoms with E-state index in [1.54, 1.807) is 6.92 Å². The zero-order chi connectivity index (χ0) is 10.6. The molecule has 0 saturated heterocycles. The van der Waals surface area contributed by atoms with Crippen molar-refractivity contribution in [2.24, 2.45) is 5.41 Å². The summed E-state index contributed by atoms with van der Waals surface area (Å²) in [7, 11) is 0. The summed E-state index contributed by atoms with van der Waals surface area (Å²) in [6.07, 6.45) is 2.64. The lowest BCUT2D eigenvalue weighted by atomic mass is 9.80. The van der Waals surface area contributed by atoms with Gasteiger partial charge in [-0.2, -0.15) is 0 Å². The molecule has 0 radical (unpaired) electrons. The van der Waals surface area contributed by atoms with Crippen LogP contribution < -0.4 is 0 Å². The van der Waals surface area contributed by atoms with Crippen LogP contribution in [0.3, 0.4) is 0 Å². The van der Waals surface area contributed by atoms with Gasteiger partial charge in [-0.3, -0.25) is 4.79 Å². The van der Waals surface area contributed by atoms with Gasteiger partial charge in [0, 0.05) is 6.42 Å². The van der Waals surface area contributed by atoms with Gasteiger partial charge in [-0.25, -0.2) is 0 Å². The van der Waals surface area contributed by atoms with Gasteiger partial charge in [0.15, 0.2) is 0 Å². The van der Waals surface area contributed by atoms with Gasteiger partial charge < -0.3 is 0 Å². The van der Waals surface area contributed by atoms with Crippen LogP contribution in [0.5, 0.6) is 0 Å². The highest BCUT2D eigenvalue weighted by atomic mass is 16.1. The predicted octanol–water partition coefficient (Wildman–Crippen LogP) is 3.51. The maximum atomic E-state index is 11.0. The van der Waals surface area contributed by atoms with Crippen LogP contribution in [0.1, 0.15) is 41.0 Å². The average Bonchev–Trinajstić information content (AvgIpc) is 1.81. The largest absolute Gasteiger partial charge is 0.300 e. The molecular formula is C12H20O. The van der Waals surface area contributed by atoms with E-state index in [1.165, 1.54) is 5.57 Å². The first-order chi connectivity index (χ1) is 5.75. The highest BCUT2D eigenvalue weighted by Gasteiger charge is 2.21. The van der Waals surface area contributed by atoms with Crippen LogP contribution in [-0.4, -0.2) is 5.78 Å². The molecule has 0 atom stereocenters. The summed E-state index contributed by atoms with van der Waals surface area (Å²) in [5, 5.41) is 0. The Labute approximate surface area is 81.5 Å². The topological polar surface area (TPSA) is 17.1 Å². The molecule has 0 aromatic carbocycles. The Kier molecular flexibility index (Phi) is 4.12. The molecule has 1 nitrogen and oxygen atoms in total. The normalized spacial score (nSPS) is 12.8. The van der Waals surface area contributed by atoms with Crippen molar-refractivity contribution in [1.82, 2.24) is 0 Å². The summed E-state index contributed by atoms with van der Waals surface area (Å²) in [5.74, 6) is 0.236. The number of allylic oxidation sites excluding steroid dienone is 3. The van der Waals surface area contributed by atoms with Crippen molar-refractivity contribution in [3.63, 3.8) is 0 Å². The number of Topliss-reactive ketones (excluding diaryl/α,β-unsaturated/α-hetero) is 1. The van der Waals surface area contributed by atoms with Crippen LogP contribution in [0, 0.1) is 5.41 Å². The highest BCUT2D eigenvalue weighted by molar-refractivity contribution is 5.76. The fourth-order valence-electron chi connectivity index (χ4n) is 1.33. The van der Waals surface area contributed by atoms with Crippen molar-refractivity contribution in [1.29, 1.82) is 0 Å². The first-order valence-electron chi connectivity index (χ1n) is 4.59. The van der Waals surface area contributed by atoms with Crippen molar-refractivity contribution in [3.8, 4) is 0 Å². The van der Waals surface area contributed by atoms with Crippen LogP contribution in [0.25, 0.3) is 0 Å². The number of hydrogen-bond acceptors (Lipinski definition) is 1. The molecular weight excluding hydrogens is 160 g/mol. The Morgan fingerprint density at radius 3 is 2.08 bits per heavy atom. The maximum absolute atomic E-state index is 11.0. The summed E-state index contributed by atoms with van der Waals surface area (Å²) in [5.41, 5.74) is 2.22. The highest BCUT2D eigenvalue weighted by Crippen LogP contribution is 2.30. The first kappa shape index (κ1) is 12.2. The second-order valence-electron chi connectivity index (χ2n) is 4.44. The number of hydrogen-bond donors (Lipinski definition) is 0. The third kappa shape index (κ3) is 4.66. The fourth-order valence-corrected chi connectivity index (χ4v) is 1.33. The Bertz CT molecular complexity index is 244. The second-order valence-corrected chi connectivity index (χ2v) is 4.44. The molecule has 0 spiro atoms. The van der Waals surface area contributed by atoms with Gasteiger partial charge >= 0.3 is 0 Å². The molecule has 0 aromatic rings. The Hall–Kier alpha value is -0.850. The fraction of sp³-hybridized carbons (Fsp3) is 0.583. The van der Waals surface area contributed by atoms with Crippen molar-refractivity contribution in [3.05, 3.63) is 23.8 Å². The van der Waals surface area contributed by atoms with E-state index in [-0.39, 0.29) is 11.2 Å². The Morgan fingerprint density at radius 1 is 1.31 bits per heavy atom. The molecule has 0 aliphatic heterocycles. The molecule has 0 aromatic heterocycles. The molecule has 0 saturated carbocycles. The number of rotatable bonds is 4. The van der Waals surface area contributed by atoms with Crippen LogP contribution in [0.4, 0.5) is 0 Å². The molecule has 0 N–H and O–H groups in total. The van der Waals surface area contributed by atoms with Crippen LogP contribution in [0.15, 0.2) is 23.8 Å². The van der Waals surface area contributed by atoms with Gasteiger partial charge in [0.1, 0.15) is 5.78 Å². The molecule has 0 amide bonds. The summed E-state index contributed by atoms with van der Waals surface area (Å²) in [6, 6.07) is 0. The number of ketones is 1. The Morgan fingerprint density at radius 2 is 1.77 bits per heavy atom. The van der Waals surface area contributed by atoms with Gasteiger partial charge in [0.05, 0.1) is 0 Å². The minimum atomic E-state index is -0.0369. The summed E-state index contributed by atoms with van der Waals surface area (Å²) in [4.78, 5) is 11.0. The molecule has 0 unspecified atom stereocenters. The quantitative estimate of drug-likeness (QED) is 0.605. The third-order valence-electron chi connectivity index (χ3n) is 2.22. The van der Waals surface area contributed by atoms with E-state index >= 15 is 0 Å². The van der Waals surface area contributed by atoms with E-state index in [1.807, 2.05) is 13.0 Å². The van der Waals surface area contributed by atoms with Gasteiger partial charge in [-0.1, -0.05) is 37.6 Å². The molecule has 74 valence electrons.